The van der Waals surface area contributed by atoms with Crippen molar-refractivity contribution in [3.63, 3.8) is 0 Å². The minimum Gasteiger partial charge on any atom is -0.462 e. The Hall–Kier alpha value is -2.11. The molecule has 6 nitrogen and oxygen atoms in total. The lowest BCUT2D eigenvalue weighted by Crippen LogP contribution is -2.30. The molecule has 0 aliphatic heterocycles. The summed E-state index contributed by atoms with van der Waals surface area (Å²) in [6.07, 6.45) is 77.8. The van der Waals surface area contributed by atoms with Crippen LogP contribution in [0, 0.1) is 0 Å². The monoisotopic (exact) mass is 1050 g/mol. The van der Waals surface area contributed by atoms with Crippen LogP contribution in [0.15, 0.2) is 24.3 Å². The van der Waals surface area contributed by atoms with Gasteiger partial charge in [0.2, 0.25) is 0 Å². The summed E-state index contributed by atoms with van der Waals surface area (Å²) in [5, 5.41) is 0. The van der Waals surface area contributed by atoms with Gasteiger partial charge in [-0.15, -0.1) is 0 Å². The molecular formula is C69H130O6. The summed E-state index contributed by atoms with van der Waals surface area (Å²) in [6, 6.07) is 0. The molecule has 75 heavy (non-hydrogen) atoms. The maximum Gasteiger partial charge on any atom is 0.306 e. The fourth-order valence-electron chi connectivity index (χ4n) is 10.4. The highest BCUT2D eigenvalue weighted by Gasteiger charge is 2.19. The maximum absolute atomic E-state index is 12.9. The Morgan fingerprint density at radius 3 is 0.733 bits per heavy atom. The number of rotatable bonds is 63. The molecule has 1 atom stereocenters. The van der Waals surface area contributed by atoms with Crippen molar-refractivity contribution in [1.29, 1.82) is 0 Å². The van der Waals surface area contributed by atoms with Crippen molar-refractivity contribution < 1.29 is 28.6 Å². The smallest absolute Gasteiger partial charge is 0.306 e. The Balaban J connectivity index is 4.07. The van der Waals surface area contributed by atoms with Crippen molar-refractivity contribution in [2.45, 2.75) is 386 Å². The predicted molar refractivity (Wildman–Crippen MR) is 326 cm³/mol. The molecule has 0 saturated carbocycles. The minimum atomic E-state index is -0.764. The molecular weight excluding hydrogens is 925 g/mol. The maximum atomic E-state index is 12.9. The lowest BCUT2D eigenvalue weighted by molar-refractivity contribution is -0.167. The summed E-state index contributed by atoms with van der Waals surface area (Å²) in [5.41, 5.74) is 0. The molecule has 0 aliphatic rings. The van der Waals surface area contributed by atoms with Gasteiger partial charge >= 0.3 is 17.9 Å². The standard InChI is InChI=1S/C69H130O6/c1-4-7-10-13-16-19-22-24-26-27-28-29-30-31-32-33-34-35-36-37-38-39-40-41-43-44-47-50-53-56-59-62-68(71)74-65-66(64-73-67(70)61-58-55-52-49-46-21-18-15-12-9-6-3)75-69(72)63-60-57-54-51-48-45-42-25-23-20-17-14-11-8-5-2/h22,24,27-28,66H,4-21,23,25-26,29-65H2,1-3H3/b24-22-,28-27-. The van der Waals surface area contributed by atoms with Gasteiger partial charge < -0.3 is 14.2 Å². The van der Waals surface area contributed by atoms with E-state index < -0.39 is 6.10 Å². The summed E-state index contributed by atoms with van der Waals surface area (Å²) in [6.45, 7) is 6.69. The molecule has 6 heteroatoms. The van der Waals surface area contributed by atoms with Crippen LogP contribution in [-0.4, -0.2) is 37.2 Å². The first-order chi connectivity index (χ1) is 37.0. The highest BCUT2D eigenvalue weighted by atomic mass is 16.6. The van der Waals surface area contributed by atoms with E-state index >= 15 is 0 Å². The third kappa shape index (κ3) is 62.6. The predicted octanol–water partition coefficient (Wildman–Crippen LogP) is 23.0. The fourth-order valence-corrected chi connectivity index (χ4v) is 10.4. The van der Waals surface area contributed by atoms with E-state index in [-0.39, 0.29) is 31.1 Å². The van der Waals surface area contributed by atoms with Crippen LogP contribution in [-0.2, 0) is 28.6 Å². The molecule has 0 aromatic rings. The van der Waals surface area contributed by atoms with Gasteiger partial charge in [-0.05, 0) is 51.4 Å². The van der Waals surface area contributed by atoms with Gasteiger partial charge in [-0.25, -0.2) is 0 Å². The average Bonchev–Trinajstić information content (AvgIpc) is 3.41. The molecule has 0 spiro atoms. The van der Waals surface area contributed by atoms with E-state index in [0.717, 1.165) is 64.2 Å². The number of ether oxygens (including phenoxy) is 3. The van der Waals surface area contributed by atoms with Crippen LogP contribution in [0.2, 0.25) is 0 Å². The second-order valence-corrected chi connectivity index (χ2v) is 23.1. The van der Waals surface area contributed by atoms with Gasteiger partial charge in [0.1, 0.15) is 13.2 Å². The van der Waals surface area contributed by atoms with Crippen LogP contribution in [0.25, 0.3) is 0 Å². The van der Waals surface area contributed by atoms with Crippen LogP contribution >= 0.6 is 0 Å². The van der Waals surface area contributed by atoms with Gasteiger partial charge in [-0.3, -0.25) is 14.4 Å². The first-order valence-corrected chi connectivity index (χ1v) is 33.8. The van der Waals surface area contributed by atoms with E-state index in [1.165, 1.54) is 276 Å². The minimum absolute atomic E-state index is 0.0635. The van der Waals surface area contributed by atoms with E-state index in [4.69, 9.17) is 14.2 Å². The van der Waals surface area contributed by atoms with E-state index in [1.54, 1.807) is 0 Å². The van der Waals surface area contributed by atoms with Gasteiger partial charge in [0.15, 0.2) is 6.10 Å². The number of allylic oxidation sites excluding steroid dienone is 4. The zero-order chi connectivity index (χ0) is 54.3. The largest absolute Gasteiger partial charge is 0.462 e. The molecule has 0 rings (SSSR count). The molecule has 0 radical (unpaired) electrons. The molecule has 1 unspecified atom stereocenters. The van der Waals surface area contributed by atoms with Crippen LogP contribution in [0.3, 0.4) is 0 Å². The molecule has 0 saturated heterocycles. The SMILES string of the molecule is CCCCCCC/C=C\C/C=C\CCCCCCCCCCCCCCCCCCCCCC(=O)OCC(COC(=O)CCCCCCCCCCCCC)OC(=O)CCCCCCCCCCCCCCCCC. The molecule has 0 amide bonds. The second-order valence-electron chi connectivity index (χ2n) is 23.1. The normalized spacial score (nSPS) is 12.1. The van der Waals surface area contributed by atoms with Gasteiger partial charge in [0.25, 0.3) is 0 Å². The number of hydrogen-bond acceptors (Lipinski definition) is 6. The van der Waals surface area contributed by atoms with Crippen molar-refractivity contribution in [2.75, 3.05) is 13.2 Å². The summed E-state index contributed by atoms with van der Waals surface area (Å²) >= 11 is 0. The Morgan fingerprint density at radius 2 is 0.480 bits per heavy atom. The number of carbonyl (C=O) groups excluding carboxylic acids is 3. The first-order valence-electron chi connectivity index (χ1n) is 33.8. The van der Waals surface area contributed by atoms with Gasteiger partial charge in [-0.2, -0.15) is 0 Å². The molecule has 0 aromatic heterocycles. The Morgan fingerprint density at radius 1 is 0.267 bits per heavy atom. The zero-order valence-electron chi connectivity index (χ0n) is 50.8. The number of esters is 3. The molecule has 0 N–H and O–H groups in total. The number of unbranched alkanes of at least 4 members (excludes halogenated alkanes) is 48. The average molecular weight is 1060 g/mol. The molecule has 0 heterocycles. The van der Waals surface area contributed by atoms with Gasteiger partial charge in [0.05, 0.1) is 0 Å². The van der Waals surface area contributed by atoms with Crippen LogP contribution in [0.4, 0.5) is 0 Å². The van der Waals surface area contributed by atoms with Crippen molar-refractivity contribution in [1.82, 2.24) is 0 Å². The Bertz CT molecular complexity index is 1210. The topological polar surface area (TPSA) is 78.9 Å². The molecule has 0 fully saturated rings. The lowest BCUT2D eigenvalue weighted by atomic mass is 10.0. The number of carbonyl (C=O) groups is 3. The number of hydrogen-bond donors (Lipinski definition) is 0. The second kappa shape index (κ2) is 64.4. The van der Waals surface area contributed by atoms with E-state index in [0.29, 0.717) is 19.3 Å². The quantitative estimate of drug-likeness (QED) is 0.0261. The van der Waals surface area contributed by atoms with Crippen molar-refractivity contribution in [3.05, 3.63) is 24.3 Å². The third-order valence-corrected chi connectivity index (χ3v) is 15.5. The summed E-state index contributed by atoms with van der Waals surface area (Å²) in [7, 11) is 0. The zero-order valence-corrected chi connectivity index (χ0v) is 50.8. The molecule has 0 bridgehead atoms. The van der Waals surface area contributed by atoms with Gasteiger partial charge in [-0.1, -0.05) is 334 Å². The highest BCUT2D eigenvalue weighted by Crippen LogP contribution is 2.18. The molecule has 0 aliphatic carbocycles. The van der Waals surface area contributed by atoms with Crippen LogP contribution in [0.5, 0.6) is 0 Å². The first kappa shape index (κ1) is 72.9. The Kier molecular flexibility index (Phi) is 62.6. The van der Waals surface area contributed by atoms with Crippen molar-refractivity contribution in [2.24, 2.45) is 0 Å². The fraction of sp³-hybridized carbons (Fsp3) is 0.899. The molecule has 442 valence electrons. The van der Waals surface area contributed by atoms with Gasteiger partial charge in [0, 0.05) is 19.3 Å². The van der Waals surface area contributed by atoms with Crippen molar-refractivity contribution >= 4 is 17.9 Å². The lowest BCUT2D eigenvalue weighted by Gasteiger charge is -2.18. The molecule has 0 aromatic carbocycles. The summed E-state index contributed by atoms with van der Waals surface area (Å²) in [4.78, 5) is 38.2. The van der Waals surface area contributed by atoms with Crippen molar-refractivity contribution in [3.8, 4) is 0 Å². The van der Waals surface area contributed by atoms with E-state index in [9.17, 15) is 14.4 Å². The highest BCUT2D eigenvalue weighted by molar-refractivity contribution is 5.71. The van der Waals surface area contributed by atoms with Crippen LogP contribution in [0.1, 0.15) is 380 Å². The van der Waals surface area contributed by atoms with E-state index in [2.05, 4.69) is 45.1 Å². The van der Waals surface area contributed by atoms with E-state index in [1.807, 2.05) is 0 Å². The van der Waals surface area contributed by atoms with Crippen LogP contribution < -0.4 is 0 Å². The third-order valence-electron chi connectivity index (χ3n) is 15.5. The Labute approximate surface area is 468 Å². The summed E-state index contributed by atoms with van der Waals surface area (Å²) in [5.74, 6) is -0.835. The summed E-state index contributed by atoms with van der Waals surface area (Å²) < 4.78 is 16.9.